The predicted molar refractivity (Wildman–Crippen MR) is 92.7 cm³/mol. The van der Waals surface area contributed by atoms with Crippen LogP contribution in [0.25, 0.3) is 0 Å². The number of carbonyl (C=O) groups is 2. The first-order valence-corrected chi connectivity index (χ1v) is 8.18. The van der Waals surface area contributed by atoms with Crippen LogP contribution in [0.4, 0.5) is 0 Å². The molecule has 2 aromatic carbocycles. The maximum Gasteiger partial charge on any atom is 0.258 e. The molecule has 0 aliphatic heterocycles. The summed E-state index contributed by atoms with van der Waals surface area (Å²) in [4.78, 5) is 24.7. The van der Waals surface area contributed by atoms with E-state index < -0.39 is 0 Å². The second kappa shape index (κ2) is 8.28. The van der Waals surface area contributed by atoms with Crippen molar-refractivity contribution >= 4 is 11.8 Å². The zero-order valence-corrected chi connectivity index (χ0v) is 13.8. The molecular weight excluding hydrogens is 286 g/mol. The van der Waals surface area contributed by atoms with Crippen molar-refractivity contribution in [3.05, 3.63) is 70.8 Å². The molecule has 2 aromatic rings. The van der Waals surface area contributed by atoms with Crippen LogP contribution >= 0.6 is 0 Å². The Hall–Kier alpha value is -2.42. The maximum atomic E-state index is 12.5. The number of benzene rings is 2. The Morgan fingerprint density at radius 2 is 1.52 bits per heavy atom. The fraction of sp³-hybridized carbons (Fsp3) is 0.300. The summed E-state index contributed by atoms with van der Waals surface area (Å²) < 4.78 is 0. The first-order valence-electron chi connectivity index (χ1n) is 8.18. The van der Waals surface area contributed by atoms with Crippen LogP contribution in [0.1, 0.15) is 58.5 Å². The Morgan fingerprint density at radius 3 is 2.17 bits per heavy atom. The van der Waals surface area contributed by atoms with Crippen molar-refractivity contribution in [1.29, 1.82) is 0 Å². The number of hydrogen-bond donors (Lipinski definition) is 1. The molecule has 0 aromatic heterocycles. The van der Waals surface area contributed by atoms with Gasteiger partial charge in [-0.2, -0.15) is 0 Å². The van der Waals surface area contributed by atoms with Gasteiger partial charge >= 0.3 is 0 Å². The average molecular weight is 309 g/mol. The molecule has 0 atom stereocenters. The predicted octanol–water partition coefficient (Wildman–Crippen LogP) is 4.16. The minimum atomic E-state index is -0.362. The number of amides is 2. The minimum absolute atomic E-state index is 0.319. The van der Waals surface area contributed by atoms with Crippen molar-refractivity contribution in [2.24, 2.45) is 0 Å². The number of imide groups is 1. The number of carbonyl (C=O) groups excluding carboxylic acids is 2. The second-order valence-electron chi connectivity index (χ2n) is 5.59. The largest absolute Gasteiger partial charge is 0.288 e. The van der Waals surface area contributed by atoms with Gasteiger partial charge in [-0.05, 0) is 42.2 Å². The molecular formula is C20H23NO2. The monoisotopic (exact) mass is 309 g/mol. The third-order valence-electron chi connectivity index (χ3n) is 3.80. The van der Waals surface area contributed by atoms with Gasteiger partial charge in [-0.15, -0.1) is 0 Å². The molecule has 0 radical (unpaired) electrons. The molecule has 0 bridgehead atoms. The summed E-state index contributed by atoms with van der Waals surface area (Å²) in [5.41, 5.74) is 3.37. The highest BCUT2D eigenvalue weighted by Crippen LogP contribution is 2.19. The molecule has 23 heavy (non-hydrogen) atoms. The van der Waals surface area contributed by atoms with Crippen LogP contribution in [-0.4, -0.2) is 11.8 Å². The summed E-state index contributed by atoms with van der Waals surface area (Å²) in [6, 6.07) is 14.6. The minimum Gasteiger partial charge on any atom is -0.288 e. The summed E-state index contributed by atoms with van der Waals surface area (Å²) in [5.74, 6) is -0.681. The van der Waals surface area contributed by atoms with Crippen LogP contribution in [0.5, 0.6) is 0 Å². The van der Waals surface area contributed by atoms with Crippen molar-refractivity contribution in [3.63, 3.8) is 0 Å². The van der Waals surface area contributed by atoms with Gasteiger partial charge in [-0.3, -0.25) is 14.9 Å². The van der Waals surface area contributed by atoms with E-state index in [1.165, 1.54) is 5.56 Å². The Bertz CT molecular complexity index is 677. The molecule has 0 aliphatic carbocycles. The summed E-state index contributed by atoms with van der Waals surface area (Å²) in [7, 11) is 0. The standard InChI is InChI=1S/C20H23NO2/c1-3-9-15-13-8-14-18(17(15)10-4-2)20(23)21-19(22)16-11-6-5-7-12-16/h5-8,11-14H,3-4,9-10H2,1-2H3,(H,21,22,23). The zero-order chi connectivity index (χ0) is 16.7. The summed E-state index contributed by atoms with van der Waals surface area (Å²) in [6.07, 6.45) is 3.79. The van der Waals surface area contributed by atoms with Gasteiger partial charge in [0.05, 0.1) is 0 Å². The Labute approximate surface area is 137 Å². The fourth-order valence-electron chi connectivity index (χ4n) is 2.73. The molecule has 120 valence electrons. The van der Waals surface area contributed by atoms with E-state index in [1.807, 2.05) is 12.1 Å². The van der Waals surface area contributed by atoms with Gasteiger partial charge in [-0.25, -0.2) is 0 Å². The number of aryl methyl sites for hydroxylation is 1. The third-order valence-corrected chi connectivity index (χ3v) is 3.80. The molecule has 0 fully saturated rings. The maximum absolute atomic E-state index is 12.5. The first-order chi connectivity index (χ1) is 11.2. The van der Waals surface area contributed by atoms with Gasteiger partial charge < -0.3 is 0 Å². The summed E-state index contributed by atoms with van der Waals surface area (Å²) in [6.45, 7) is 4.22. The van der Waals surface area contributed by atoms with E-state index in [-0.39, 0.29) is 11.8 Å². The van der Waals surface area contributed by atoms with Crippen molar-refractivity contribution in [2.45, 2.75) is 39.5 Å². The zero-order valence-electron chi connectivity index (χ0n) is 13.8. The van der Waals surface area contributed by atoms with Gasteiger partial charge in [0, 0.05) is 11.1 Å². The Kier molecular flexibility index (Phi) is 6.10. The quantitative estimate of drug-likeness (QED) is 0.814. The molecule has 0 saturated carbocycles. The molecule has 1 N–H and O–H groups in total. The fourth-order valence-corrected chi connectivity index (χ4v) is 2.73. The molecule has 2 rings (SSSR count). The van der Waals surface area contributed by atoms with Gasteiger partial charge in [-0.1, -0.05) is 57.0 Å². The molecule has 3 heteroatoms. The van der Waals surface area contributed by atoms with Crippen LogP contribution < -0.4 is 5.32 Å². The van der Waals surface area contributed by atoms with Crippen molar-refractivity contribution < 1.29 is 9.59 Å². The van der Waals surface area contributed by atoms with E-state index in [0.717, 1.165) is 31.2 Å². The number of nitrogens with one attached hydrogen (secondary N) is 1. The molecule has 0 unspecified atom stereocenters. The van der Waals surface area contributed by atoms with Crippen LogP contribution in [0.15, 0.2) is 48.5 Å². The lowest BCUT2D eigenvalue weighted by molar-refractivity contribution is 0.0848. The van der Waals surface area contributed by atoms with E-state index in [9.17, 15) is 9.59 Å². The molecule has 0 aliphatic rings. The topological polar surface area (TPSA) is 46.2 Å². The highest BCUT2D eigenvalue weighted by Gasteiger charge is 2.17. The van der Waals surface area contributed by atoms with E-state index in [1.54, 1.807) is 30.3 Å². The van der Waals surface area contributed by atoms with Crippen molar-refractivity contribution in [3.8, 4) is 0 Å². The SMILES string of the molecule is CCCc1cccc(C(=O)NC(=O)c2ccccc2)c1CCC. The lowest BCUT2D eigenvalue weighted by Crippen LogP contribution is -2.31. The highest BCUT2D eigenvalue weighted by atomic mass is 16.2. The van der Waals surface area contributed by atoms with E-state index in [4.69, 9.17) is 0 Å². The normalized spacial score (nSPS) is 10.3. The molecule has 0 saturated heterocycles. The first kappa shape index (κ1) is 16.9. The Morgan fingerprint density at radius 1 is 0.826 bits per heavy atom. The van der Waals surface area contributed by atoms with Gasteiger partial charge in [0.15, 0.2) is 0 Å². The smallest absolute Gasteiger partial charge is 0.258 e. The van der Waals surface area contributed by atoms with Gasteiger partial charge in [0.25, 0.3) is 11.8 Å². The van der Waals surface area contributed by atoms with Crippen LogP contribution in [0.2, 0.25) is 0 Å². The van der Waals surface area contributed by atoms with Crippen LogP contribution in [0, 0.1) is 0 Å². The molecule has 2 amide bonds. The number of rotatable bonds is 6. The molecule has 3 nitrogen and oxygen atoms in total. The third kappa shape index (κ3) is 4.28. The summed E-state index contributed by atoms with van der Waals surface area (Å²) >= 11 is 0. The lowest BCUT2D eigenvalue weighted by atomic mass is 9.94. The number of hydrogen-bond acceptors (Lipinski definition) is 2. The van der Waals surface area contributed by atoms with Gasteiger partial charge in [0.2, 0.25) is 0 Å². The van der Waals surface area contributed by atoms with E-state index in [2.05, 4.69) is 25.2 Å². The molecule has 0 spiro atoms. The molecule has 0 heterocycles. The van der Waals surface area contributed by atoms with Crippen molar-refractivity contribution in [1.82, 2.24) is 5.32 Å². The van der Waals surface area contributed by atoms with E-state index in [0.29, 0.717) is 11.1 Å². The van der Waals surface area contributed by atoms with E-state index >= 15 is 0 Å². The summed E-state index contributed by atoms with van der Waals surface area (Å²) in [5, 5.41) is 2.50. The highest BCUT2D eigenvalue weighted by molar-refractivity contribution is 6.10. The Balaban J connectivity index is 2.25. The van der Waals surface area contributed by atoms with Crippen LogP contribution in [-0.2, 0) is 12.8 Å². The second-order valence-corrected chi connectivity index (χ2v) is 5.59. The van der Waals surface area contributed by atoms with Gasteiger partial charge in [0.1, 0.15) is 0 Å². The van der Waals surface area contributed by atoms with Crippen molar-refractivity contribution in [2.75, 3.05) is 0 Å². The lowest BCUT2D eigenvalue weighted by Gasteiger charge is -2.13. The average Bonchev–Trinajstić information content (AvgIpc) is 2.57. The van der Waals surface area contributed by atoms with Crippen LogP contribution in [0.3, 0.4) is 0 Å².